The number of esters is 2. The highest BCUT2D eigenvalue weighted by molar-refractivity contribution is 6.05. The monoisotopic (exact) mass is 572 g/mol. The van der Waals surface area contributed by atoms with Gasteiger partial charge in [-0.15, -0.1) is 0 Å². The average molecular weight is 573 g/mol. The molecule has 2 aliphatic carbocycles. The maximum atomic E-state index is 13.5. The maximum absolute atomic E-state index is 13.5. The molecule has 8 nitrogen and oxygen atoms in total. The Bertz CT molecular complexity index is 1470. The fourth-order valence-corrected chi connectivity index (χ4v) is 7.91. The molecule has 222 valence electrons. The van der Waals surface area contributed by atoms with Crippen LogP contribution in [0.15, 0.2) is 36.4 Å². The zero-order valence-corrected chi connectivity index (χ0v) is 25.7. The summed E-state index contributed by atoms with van der Waals surface area (Å²) in [5, 5.41) is 6.07. The van der Waals surface area contributed by atoms with Gasteiger partial charge in [0, 0.05) is 22.2 Å². The number of aryl methyl sites for hydroxylation is 2. The van der Waals surface area contributed by atoms with E-state index < -0.39 is 32.9 Å². The molecule has 2 amide bonds. The third-order valence-electron chi connectivity index (χ3n) is 12.2. The second kappa shape index (κ2) is 8.45. The van der Waals surface area contributed by atoms with Crippen molar-refractivity contribution in [3.63, 3.8) is 0 Å². The van der Waals surface area contributed by atoms with Crippen LogP contribution in [0.2, 0.25) is 0 Å². The van der Waals surface area contributed by atoms with Crippen LogP contribution in [0, 0.1) is 35.5 Å². The lowest BCUT2D eigenvalue weighted by molar-refractivity contribution is -0.166. The smallest absolute Gasteiger partial charge is 0.313 e. The quantitative estimate of drug-likeness (QED) is 0.420. The molecule has 2 heterocycles. The van der Waals surface area contributed by atoms with Gasteiger partial charge in [0.25, 0.3) is 11.8 Å². The Balaban J connectivity index is 1.19. The molecule has 2 aromatic carbocycles. The summed E-state index contributed by atoms with van der Waals surface area (Å²) in [6, 6.07) is 11.6. The van der Waals surface area contributed by atoms with Gasteiger partial charge in [0.15, 0.2) is 11.2 Å². The van der Waals surface area contributed by atoms with Gasteiger partial charge < -0.3 is 20.1 Å². The van der Waals surface area contributed by atoms with Crippen LogP contribution in [-0.2, 0) is 28.7 Å². The summed E-state index contributed by atoms with van der Waals surface area (Å²) in [6.45, 7) is 15.4. The molecule has 8 heteroatoms. The van der Waals surface area contributed by atoms with E-state index in [2.05, 4.69) is 10.6 Å². The number of ether oxygens (including phenoxy) is 2. The van der Waals surface area contributed by atoms with Gasteiger partial charge in [-0.3, -0.25) is 19.2 Å². The number of amides is 2. The van der Waals surface area contributed by atoms with E-state index in [-0.39, 0.29) is 23.8 Å². The van der Waals surface area contributed by atoms with E-state index in [1.165, 1.54) is 0 Å². The topological polar surface area (TPSA) is 111 Å². The molecule has 2 N–H and O–H groups in total. The van der Waals surface area contributed by atoms with Crippen molar-refractivity contribution in [2.45, 2.75) is 92.3 Å². The second-order valence-corrected chi connectivity index (χ2v) is 14.3. The van der Waals surface area contributed by atoms with Gasteiger partial charge in [-0.2, -0.15) is 0 Å². The Morgan fingerprint density at radius 1 is 0.619 bits per heavy atom. The summed E-state index contributed by atoms with van der Waals surface area (Å²) in [7, 11) is 0. The molecule has 0 radical (unpaired) electrons. The van der Waals surface area contributed by atoms with Gasteiger partial charge in [-0.1, -0.05) is 39.8 Å². The third-order valence-corrected chi connectivity index (χ3v) is 12.2. The van der Waals surface area contributed by atoms with Crippen molar-refractivity contribution in [3.8, 4) is 11.1 Å². The van der Waals surface area contributed by atoms with Crippen molar-refractivity contribution in [3.05, 3.63) is 47.5 Å². The highest BCUT2D eigenvalue weighted by atomic mass is 16.6. The van der Waals surface area contributed by atoms with E-state index >= 15 is 0 Å². The van der Waals surface area contributed by atoms with E-state index in [1.807, 2.05) is 91.8 Å². The Hall–Kier alpha value is -3.68. The third kappa shape index (κ3) is 3.24. The predicted octanol–water partition coefficient (Wildman–Crippen LogP) is 6.09. The first-order valence-electron chi connectivity index (χ1n) is 14.8. The minimum Gasteiger partial charge on any atom is -0.448 e. The molecule has 2 aromatic rings. The zero-order chi connectivity index (χ0) is 30.7. The Labute approximate surface area is 246 Å². The van der Waals surface area contributed by atoms with Crippen LogP contribution in [-0.4, -0.2) is 35.0 Å². The van der Waals surface area contributed by atoms with Crippen molar-refractivity contribution >= 4 is 35.1 Å². The van der Waals surface area contributed by atoms with Gasteiger partial charge in [0.2, 0.25) is 0 Å². The van der Waals surface area contributed by atoms with Crippen LogP contribution in [0.1, 0.15) is 78.4 Å². The molecule has 0 spiro atoms. The van der Waals surface area contributed by atoms with Crippen molar-refractivity contribution in [1.82, 2.24) is 0 Å². The predicted molar refractivity (Wildman–Crippen MR) is 159 cm³/mol. The lowest BCUT2D eigenvalue weighted by Gasteiger charge is -2.35. The van der Waals surface area contributed by atoms with Crippen LogP contribution in [0.5, 0.6) is 0 Å². The number of hydrogen-bond donors (Lipinski definition) is 2. The molecule has 2 aliphatic heterocycles. The van der Waals surface area contributed by atoms with E-state index in [0.29, 0.717) is 37.1 Å². The number of nitrogens with one attached hydrogen (secondary N) is 2. The molecule has 4 unspecified atom stereocenters. The Morgan fingerprint density at radius 2 is 0.976 bits per heavy atom. The van der Waals surface area contributed by atoms with E-state index in [4.69, 9.17) is 9.47 Å². The molecule has 4 aliphatic rings. The standard InChI is InChI=1S/C34H40N2O6/c1-19-17-21(9-11-23(19)35-25(37)33-15-13-31(7,27(39)41-33)29(33,3)4)22-10-12-24(20(2)18-22)36-26(38)34-16-14-32(8,28(40)42-34)30(34,5)6/h9-12,17-18H,13-16H2,1-8H3,(H,35,37)(H,36,38). The van der Waals surface area contributed by atoms with Crippen LogP contribution < -0.4 is 10.6 Å². The molecule has 4 bridgehead atoms. The van der Waals surface area contributed by atoms with E-state index in [0.717, 1.165) is 22.3 Å². The fraction of sp³-hybridized carbons (Fsp3) is 0.529. The number of benzene rings is 2. The fourth-order valence-electron chi connectivity index (χ4n) is 7.91. The minimum atomic E-state index is -1.18. The molecule has 4 atom stereocenters. The largest absolute Gasteiger partial charge is 0.448 e. The van der Waals surface area contributed by atoms with Crippen molar-refractivity contribution in [2.75, 3.05) is 10.6 Å². The van der Waals surface area contributed by atoms with E-state index in [9.17, 15) is 19.2 Å². The number of carbonyl (C=O) groups is 4. The van der Waals surface area contributed by atoms with Crippen molar-refractivity contribution < 1.29 is 28.7 Å². The van der Waals surface area contributed by atoms with Gasteiger partial charge in [0.05, 0.1) is 10.8 Å². The molecule has 6 rings (SSSR count). The maximum Gasteiger partial charge on any atom is 0.313 e. The molecule has 0 aromatic heterocycles. The Kier molecular flexibility index (Phi) is 5.72. The first kappa shape index (κ1) is 28.4. The van der Waals surface area contributed by atoms with E-state index in [1.54, 1.807) is 0 Å². The molecular weight excluding hydrogens is 532 g/mol. The molecule has 42 heavy (non-hydrogen) atoms. The summed E-state index contributed by atoms with van der Waals surface area (Å²) in [6.07, 6.45) is 2.27. The van der Waals surface area contributed by atoms with Crippen LogP contribution in [0.3, 0.4) is 0 Å². The number of carbonyl (C=O) groups excluding carboxylic acids is 4. The average Bonchev–Trinajstić information content (AvgIpc) is 3.39. The minimum absolute atomic E-state index is 0.285. The van der Waals surface area contributed by atoms with Gasteiger partial charge in [-0.25, -0.2) is 0 Å². The summed E-state index contributed by atoms with van der Waals surface area (Å²) < 4.78 is 11.5. The number of anilines is 2. The molecular formula is C34H40N2O6. The summed E-state index contributed by atoms with van der Waals surface area (Å²) in [4.78, 5) is 52.3. The molecule has 4 fully saturated rings. The lowest BCUT2D eigenvalue weighted by Crippen LogP contribution is -2.50. The van der Waals surface area contributed by atoms with Gasteiger partial charge in [-0.05, 0) is 99.9 Å². The number of fused-ring (bicyclic) bond motifs is 4. The zero-order valence-electron chi connectivity index (χ0n) is 25.7. The van der Waals surface area contributed by atoms with Crippen LogP contribution in [0.4, 0.5) is 11.4 Å². The van der Waals surface area contributed by atoms with Crippen LogP contribution in [0.25, 0.3) is 11.1 Å². The lowest BCUT2D eigenvalue weighted by atomic mass is 9.66. The molecule has 2 saturated heterocycles. The first-order chi connectivity index (χ1) is 19.5. The highest BCUT2D eigenvalue weighted by Gasteiger charge is 2.76. The van der Waals surface area contributed by atoms with Crippen molar-refractivity contribution in [1.29, 1.82) is 0 Å². The van der Waals surface area contributed by atoms with Crippen LogP contribution >= 0.6 is 0 Å². The number of rotatable bonds is 5. The first-order valence-corrected chi connectivity index (χ1v) is 14.8. The SMILES string of the molecule is Cc1cc(-c2ccc(NC(=O)C34CCC(C)(C(=O)O3)C4(C)C)c(C)c2)ccc1NC(=O)C12CCC(C)(C(=O)O1)C2(C)C. The summed E-state index contributed by atoms with van der Waals surface area (Å²) in [5.74, 6) is -1.17. The second-order valence-electron chi connectivity index (χ2n) is 14.3. The van der Waals surface area contributed by atoms with Crippen molar-refractivity contribution in [2.24, 2.45) is 21.7 Å². The Morgan fingerprint density at radius 3 is 1.24 bits per heavy atom. The van der Waals surface area contributed by atoms with Gasteiger partial charge in [0.1, 0.15) is 0 Å². The highest BCUT2D eigenvalue weighted by Crippen LogP contribution is 2.66. The summed E-state index contributed by atoms with van der Waals surface area (Å²) >= 11 is 0. The molecule has 2 saturated carbocycles. The summed E-state index contributed by atoms with van der Waals surface area (Å²) in [5.41, 5.74) is 0.102. The number of hydrogen-bond acceptors (Lipinski definition) is 6. The van der Waals surface area contributed by atoms with Gasteiger partial charge >= 0.3 is 11.9 Å². The normalized spacial score (nSPS) is 33.3.